The van der Waals surface area contributed by atoms with Gasteiger partial charge in [-0.3, -0.25) is 0 Å². The topological polar surface area (TPSA) is 24.5 Å². The molecule has 1 rings (SSSR count). The minimum Gasteiger partial charge on any atom is -0.489 e. The van der Waals surface area contributed by atoms with E-state index in [4.69, 9.17) is 4.74 Å². The normalized spacial score (nSPS) is 10.8. The lowest BCUT2D eigenvalue weighted by Crippen LogP contribution is -2.31. The molecule has 0 fully saturated rings. The Morgan fingerprint density at radius 1 is 1.20 bits per heavy atom. The Balaban J connectivity index is 2.26. The molecule has 1 aromatic carbocycles. The van der Waals surface area contributed by atoms with Crippen molar-refractivity contribution in [3.8, 4) is 5.75 Å². The summed E-state index contributed by atoms with van der Waals surface area (Å²) in [5.74, 6) is 0.903. The second kappa shape index (κ2) is 9.56. The highest BCUT2D eigenvalue weighted by atomic mass is 16.5. The van der Waals surface area contributed by atoms with Crippen molar-refractivity contribution in [3.05, 3.63) is 42.0 Å². The molecule has 1 aromatic rings. The maximum atomic E-state index is 5.58. The Hall–Kier alpha value is -1.32. The number of hydrogen-bond acceptors (Lipinski definition) is 3. The van der Waals surface area contributed by atoms with Crippen molar-refractivity contribution in [1.82, 2.24) is 10.2 Å². The smallest absolute Gasteiger partial charge is 0.119 e. The Labute approximate surface area is 123 Å². The van der Waals surface area contributed by atoms with E-state index in [0.717, 1.165) is 44.0 Å². The maximum absolute atomic E-state index is 5.58. The molecule has 0 atom stereocenters. The van der Waals surface area contributed by atoms with Gasteiger partial charge in [0.2, 0.25) is 0 Å². The average molecular weight is 276 g/mol. The molecule has 1 N–H and O–H groups in total. The van der Waals surface area contributed by atoms with Crippen LogP contribution in [0.5, 0.6) is 5.75 Å². The molecule has 0 aromatic heterocycles. The molecule has 0 bridgehead atoms. The summed E-state index contributed by atoms with van der Waals surface area (Å²) < 4.78 is 5.58. The third-order valence-electron chi connectivity index (χ3n) is 3.24. The molecule has 0 aliphatic heterocycles. The predicted octanol–water partition coefficient (Wildman–Crippen LogP) is 3.07. The second-order valence-electron chi connectivity index (χ2n) is 5.09. The van der Waals surface area contributed by atoms with Crippen molar-refractivity contribution in [2.45, 2.75) is 27.3 Å². The van der Waals surface area contributed by atoms with Crippen LogP contribution in [0.15, 0.2) is 36.4 Å². The van der Waals surface area contributed by atoms with Gasteiger partial charge in [0, 0.05) is 19.6 Å². The average Bonchev–Trinajstić information content (AvgIpc) is 2.46. The number of nitrogens with zero attached hydrogens (tertiary/aromatic N) is 1. The largest absolute Gasteiger partial charge is 0.489 e. The van der Waals surface area contributed by atoms with Gasteiger partial charge in [0.15, 0.2) is 0 Å². The summed E-state index contributed by atoms with van der Waals surface area (Å²) in [5, 5.41) is 3.47. The van der Waals surface area contributed by atoms with E-state index in [1.807, 2.05) is 19.1 Å². The van der Waals surface area contributed by atoms with Crippen molar-refractivity contribution < 1.29 is 4.74 Å². The first-order valence-electron chi connectivity index (χ1n) is 7.44. The van der Waals surface area contributed by atoms with E-state index >= 15 is 0 Å². The van der Waals surface area contributed by atoms with Crippen LogP contribution in [0, 0.1) is 0 Å². The monoisotopic (exact) mass is 276 g/mol. The molecule has 0 unspecified atom stereocenters. The fourth-order valence-corrected chi connectivity index (χ4v) is 1.92. The van der Waals surface area contributed by atoms with Crippen LogP contribution in [0.4, 0.5) is 0 Å². The van der Waals surface area contributed by atoms with Gasteiger partial charge in [-0.05, 0) is 43.3 Å². The fourth-order valence-electron chi connectivity index (χ4n) is 1.92. The summed E-state index contributed by atoms with van der Waals surface area (Å²) in [6.07, 6.45) is 0. The first-order chi connectivity index (χ1) is 9.65. The lowest BCUT2D eigenvalue weighted by Gasteiger charge is -2.18. The molecule has 0 aliphatic carbocycles. The Bertz CT molecular complexity index is 382. The highest BCUT2D eigenvalue weighted by Gasteiger charge is 1.99. The van der Waals surface area contributed by atoms with Gasteiger partial charge in [0.25, 0.3) is 0 Å². The molecule has 0 aliphatic rings. The molecule has 0 amide bonds. The molecule has 0 spiro atoms. The summed E-state index contributed by atoms with van der Waals surface area (Å²) in [5.41, 5.74) is 2.32. The van der Waals surface area contributed by atoms with Crippen LogP contribution in [0.3, 0.4) is 0 Å². The zero-order valence-electron chi connectivity index (χ0n) is 13.1. The maximum Gasteiger partial charge on any atom is 0.119 e. The molecule has 20 heavy (non-hydrogen) atoms. The molecule has 0 saturated carbocycles. The highest BCUT2D eigenvalue weighted by molar-refractivity contribution is 5.27. The van der Waals surface area contributed by atoms with Gasteiger partial charge in [-0.1, -0.05) is 32.6 Å². The molecular weight excluding hydrogens is 248 g/mol. The van der Waals surface area contributed by atoms with Crippen LogP contribution in [0.2, 0.25) is 0 Å². The van der Waals surface area contributed by atoms with Crippen molar-refractivity contribution in [3.63, 3.8) is 0 Å². The number of benzene rings is 1. The summed E-state index contributed by atoms with van der Waals surface area (Å²) in [4.78, 5) is 2.42. The third-order valence-corrected chi connectivity index (χ3v) is 3.24. The number of ether oxygens (including phenoxy) is 1. The Morgan fingerprint density at radius 2 is 1.85 bits per heavy atom. The van der Waals surface area contributed by atoms with Crippen LogP contribution in [0.25, 0.3) is 0 Å². The molecule has 112 valence electrons. The van der Waals surface area contributed by atoms with Crippen molar-refractivity contribution in [1.29, 1.82) is 0 Å². The van der Waals surface area contributed by atoms with Gasteiger partial charge in [-0.2, -0.15) is 0 Å². The van der Waals surface area contributed by atoms with E-state index in [2.05, 4.69) is 42.8 Å². The SMILES string of the molecule is C=C(C)COc1ccc(CNCCN(CC)CC)cc1. The minimum atomic E-state index is 0.585. The van der Waals surface area contributed by atoms with Crippen molar-refractivity contribution in [2.24, 2.45) is 0 Å². The van der Waals surface area contributed by atoms with Crippen LogP contribution >= 0.6 is 0 Å². The summed E-state index contributed by atoms with van der Waals surface area (Å²) >= 11 is 0. The van der Waals surface area contributed by atoms with E-state index in [1.165, 1.54) is 5.56 Å². The van der Waals surface area contributed by atoms with E-state index in [0.29, 0.717) is 6.61 Å². The zero-order chi connectivity index (χ0) is 14.8. The third kappa shape index (κ3) is 6.73. The zero-order valence-corrected chi connectivity index (χ0v) is 13.1. The van der Waals surface area contributed by atoms with Gasteiger partial charge in [0.05, 0.1) is 0 Å². The highest BCUT2D eigenvalue weighted by Crippen LogP contribution is 2.12. The first-order valence-corrected chi connectivity index (χ1v) is 7.44. The Morgan fingerprint density at radius 3 is 2.40 bits per heavy atom. The van der Waals surface area contributed by atoms with Gasteiger partial charge >= 0.3 is 0 Å². The second-order valence-corrected chi connectivity index (χ2v) is 5.09. The molecular formula is C17H28N2O. The summed E-state index contributed by atoms with van der Waals surface area (Å²) in [6.45, 7) is 16.0. The van der Waals surface area contributed by atoms with Gasteiger partial charge in [-0.25, -0.2) is 0 Å². The summed E-state index contributed by atoms with van der Waals surface area (Å²) in [7, 11) is 0. The van der Waals surface area contributed by atoms with E-state index in [-0.39, 0.29) is 0 Å². The fraction of sp³-hybridized carbons (Fsp3) is 0.529. The van der Waals surface area contributed by atoms with Crippen LogP contribution in [-0.2, 0) is 6.54 Å². The van der Waals surface area contributed by atoms with Crippen LogP contribution in [-0.4, -0.2) is 37.7 Å². The summed E-state index contributed by atoms with van der Waals surface area (Å²) in [6, 6.07) is 8.25. The molecule has 3 heteroatoms. The van der Waals surface area contributed by atoms with E-state index in [1.54, 1.807) is 0 Å². The first kappa shape index (κ1) is 16.7. The number of nitrogens with one attached hydrogen (secondary N) is 1. The lowest BCUT2D eigenvalue weighted by molar-refractivity contribution is 0.302. The van der Waals surface area contributed by atoms with Crippen LogP contribution < -0.4 is 10.1 Å². The number of likely N-dealkylation sites (N-methyl/N-ethyl adjacent to an activating group) is 1. The standard InChI is InChI=1S/C17H28N2O/c1-5-19(6-2)12-11-18-13-16-7-9-17(10-8-16)20-14-15(3)4/h7-10,18H,3,5-6,11-14H2,1-2,4H3. The quantitative estimate of drug-likeness (QED) is 0.525. The van der Waals surface area contributed by atoms with Gasteiger partial charge in [0.1, 0.15) is 12.4 Å². The van der Waals surface area contributed by atoms with Crippen LogP contribution in [0.1, 0.15) is 26.3 Å². The molecule has 0 saturated heterocycles. The predicted molar refractivity (Wildman–Crippen MR) is 86.2 cm³/mol. The van der Waals surface area contributed by atoms with E-state index < -0.39 is 0 Å². The minimum absolute atomic E-state index is 0.585. The van der Waals surface area contributed by atoms with Crippen molar-refractivity contribution in [2.75, 3.05) is 32.8 Å². The van der Waals surface area contributed by atoms with Gasteiger partial charge < -0.3 is 15.0 Å². The molecule has 0 heterocycles. The lowest BCUT2D eigenvalue weighted by atomic mass is 10.2. The number of hydrogen-bond donors (Lipinski definition) is 1. The van der Waals surface area contributed by atoms with E-state index in [9.17, 15) is 0 Å². The van der Waals surface area contributed by atoms with Crippen molar-refractivity contribution >= 4 is 0 Å². The Kier molecular flexibility index (Phi) is 8.00. The number of rotatable bonds is 10. The molecule has 3 nitrogen and oxygen atoms in total. The molecule has 0 radical (unpaired) electrons. The van der Waals surface area contributed by atoms with Gasteiger partial charge in [-0.15, -0.1) is 0 Å².